The number of aromatic hydroxyl groups is 1. The van der Waals surface area contributed by atoms with Gasteiger partial charge in [-0.3, -0.25) is 9.80 Å². The number of fused-ring (bicyclic) bond motifs is 2. The molecule has 5 rings (SSSR count). The van der Waals surface area contributed by atoms with Gasteiger partial charge in [0.2, 0.25) is 0 Å². The molecule has 0 amide bonds. The number of ether oxygens (including phenoxy) is 1. The van der Waals surface area contributed by atoms with Crippen LogP contribution < -0.4 is 0 Å². The second kappa shape index (κ2) is 14.3. The molecule has 0 atom stereocenters. The highest BCUT2D eigenvalue weighted by molar-refractivity contribution is 9.10. The molecule has 0 saturated carbocycles. The summed E-state index contributed by atoms with van der Waals surface area (Å²) in [5.41, 5.74) is 4.34. The topological polar surface area (TPSA) is 106 Å². The van der Waals surface area contributed by atoms with E-state index in [1.165, 1.54) is 0 Å². The molecule has 0 bridgehead atoms. The molecule has 38 heavy (non-hydrogen) atoms. The molecule has 1 saturated heterocycles. The number of halogens is 3. The van der Waals surface area contributed by atoms with Crippen LogP contribution in [0, 0.1) is 0 Å². The molecule has 0 unspecified atom stereocenters. The number of aliphatic imine (C=N–C) groups is 1. The number of aromatic nitrogens is 1. The number of aliphatic hydroxyl groups is 1. The van der Waals surface area contributed by atoms with E-state index in [9.17, 15) is 5.11 Å². The maximum absolute atomic E-state index is 10.7. The Balaban J connectivity index is 0.00000200. The number of benzene rings is 2. The Bertz CT molecular complexity index is 1280. The van der Waals surface area contributed by atoms with Crippen molar-refractivity contribution in [2.75, 3.05) is 65.7 Å². The smallest absolute Gasteiger partial charge is 0.199 e. The van der Waals surface area contributed by atoms with E-state index < -0.39 is 0 Å². The van der Waals surface area contributed by atoms with Crippen molar-refractivity contribution in [1.82, 2.24) is 14.8 Å². The van der Waals surface area contributed by atoms with Crippen molar-refractivity contribution < 1.29 is 19.8 Å². The fourth-order valence-corrected chi connectivity index (χ4v) is 4.97. The maximum atomic E-state index is 10.7. The van der Waals surface area contributed by atoms with Crippen molar-refractivity contribution >= 4 is 68.8 Å². The lowest BCUT2D eigenvalue weighted by Crippen LogP contribution is -2.48. The van der Waals surface area contributed by atoms with E-state index >= 15 is 0 Å². The van der Waals surface area contributed by atoms with Gasteiger partial charge in [-0.2, -0.15) is 0 Å². The monoisotopic (exact) mass is 627 g/mol. The molecule has 2 aliphatic rings. The summed E-state index contributed by atoms with van der Waals surface area (Å²) < 4.78 is 6.29. The largest absolute Gasteiger partial charge is 0.494 e. The molecule has 2 aromatic carbocycles. The molecule has 206 valence electrons. The van der Waals surface area contributed by atoms with Crippen LogP contribution in [0.25, 0.3) is 10.9 Å². The number of aliphatic hydroxyl groups excluding tert-OH is 1. The molecule has 1 aromatic heterocycles. The summed E-state index contributed by atoms with van der Waals surface area (Å²) in [6.07, 6.45) is 0. The Kier molecular flexibility index (Phi) is 11.4. The first kappa shape index (κ1) is 30.4. The van der Waals surface area contributed by atoms with Gasteiger partial charge in [0, 0.05) is 54.7 Å². The van der Waals surface area contributed by atoms with Crippen LogP contribution in [0.2, 0.25) is 0 Å². The number of nitrogens with one attached hydrogen (secondary N) is 1. The summed E-state index contributed by atoms with van der Waals surface area (Å²) in [7, 11) is 0. The van der Waals surface area contributed by atoms with Crippen LogP contribution in [0.15, 0.2) is 57.1 Å². The van der Waals surface area contributed by atoms with Crippen molar-refractivity contribution in [1.29, 1.82) is 0 Å². The number of para-hydroxylation sites is 1. The van der Waals surface area contributed by atoms with Crippen molar-refractivity contribution in [3.63, 3.8) is 0 Å². The van der Waals surface area contributed by atoms with E-state index in [1.54, 1.807) is 0 Å². The van der Waals surface area contributed by atoms with Gasteiger partial charge in [-0.15, -0.1) is 24.8 Å². The molecule has 1 fully saturated rings. The highest BCUT2D eigenvalue weighted by Crippen LogP contribution is 2.36. The fourth-order valence-electron chi connectivity index (χ4n) is 4.61. The Hall–Kier alpha value is -2.18. The molecular formula is C26H32BrCl2N5O4. The van der Waals surface area contributed by atoms with Gasteiger partial charge in [0.15, 0.2) is 5.88 Å². The first-order chi connectivity index (χ1) is 17.6. The zero-order valence-corrected chi connectivity index (χ0v) is 24.0. The van der Waals surface area contributed by atoms with Crippen LogP contribution in [0.3, 0.4) is 0 Å². The number of aromatic amines is 1. The summed E-state index contributed by atoms with van der Waals surface area (Å²) in [6.45, 7) is 7.15. The zero-order valence-electron chi connectivity index (χ0n) is 20.8. The average Bonchev–Trinajstić information content (AvgIpc) is 3.41. The van der Waals surface area contributed by atoms with Crippen molar-refractivity contribution in [2.45, 2.75) is 0 Å². The SMILES string of the molecule is Cl.Cl.OCCOCCN1CCN(CCO/N=C2/C(c3c(O)[nH]c4cc(Br)ccc34)=Nc3ccccc32)CC1. The number of oxime groups is 1. The Morgan fingerprint density at radius 3 is 2.42 bits per heavy atom. The summed E-state index contributed by atoms with van der Waals surface area (Å²) in [6, 6.07) is 13.6. The van der Waals surface area contributed by atoms with E-state index in [0.717, 1.165) is 65.9 Å². The quantitative estimate of drug-likeness (QED) is 0.232. The van der Waals surface area contributed by atoms with Gasteiger partial charge in [0.1, 0.15) is 18.0 Å². The predicted octanol–water partition coefficient (Wildman–Crippen LogP) is 3.96. The van der Waals surface area contributed by atoms with Crippen LogP contribution in [0.4, 0.5) is 5.69 Å². The zero-order chi connectivity index (χ0) is 24.9. The molecule has 9 nitrogen and oxygen atoms in total. The average molecular weight is 629 g/mol. The first-order valence-corrected chi connectivity index (χ1v) is 13.0. The van der Waals surface area contributed by atoms with Crippen LogP contribution in [-0.4, -0.2) is 102 Å². The number of nitrogens with zero attached hydrogens (tertiary/aromatic N) is 4. The third-order valence-corrected chi connectivity index (χ3v) is 6.99. The van der Waals surface area contributed by atoms with E-state index in [4.69, 9.17) is 19.7 Å². The van der Waals surface area contributed by atoms with Gasteiger partial charge in [-0.05, 0) is 18.2 Å². The van der Waals surface area contributed by atoms with Crippen molar-refractivity contribution in [3.8, 4) is 5.88 Å². The number of rotatable bonds is 10. The third-order valence-electron chi connectivity index (χ3n) is 6.50. The van der Waals surface area contributed by atoms with E-state index in [0.29, 0.717) is 36.8 Å². The highest BCUT2D eigenvalue weighted by atomic mass is 79.9. The number of hydrogen-bond acceptors (Lipinski definition) is 8. The van der Waals surface area contributed by atoms with Gasteiger partial charge in [-0.1, -0.05) is 45.4 Å². The Morgan fingerprint density at radius 1 is 0.974 bits per heavy atom. The van der Waals surface area contributed by atoms with Gasteiger partial charge >= 0.3 is 0 Å². The van der Waals surface area contributed by atoms with Crippen molar-refractivity contribution in [3.05, 3.63) is 58.1 Å². The summed E-state index contributed by atoms with van der Waals surface area (Å²) in [5, 5.41) is 24.9. The first-order valence-electron chi connectivity index (χ1n) is 12.2. The summed E-state index contributed by atoms with van der Waals surface area (Å²) in [5.74, 6) is 0.0574. The molecule has 0 aliphatic carbocycles. The van der Waals surface area contributed by atoms with Crippen LogP contribution >= 0.6 is 40.7 Å². The molecule has 12 heteroatoms. The number of H-pyrrole nitrogens is 1. The maximum Gasteiger partial charge on any atom is 0.199 e. The van der Waals surface area contributed by atoms with E-state index in [1.807, 2.05) is 42.5 Å². The van der Waals surface area contributed by atoms with E-state index in [-0.39, 0.29) is 37.3 Å². The molecular weight excluding hydrogens is 597 g/mol. The minimum Gasteiger partial charge on any atom is -0.494 e. The molecule has 2 aliphatic heterocycles. The molecule has 0 spiro atoms. The fraction of sp³-hybridized carbons (Fsp3) is 0.385. The minimum absolute atomic E-state index is 0. The lowest BCUT2D eigenvalue weighted by Gasteiger charge is -2.34. The summed E-state index contributed by atoms with van der Waals surface area (Å²) >= 11 is 3.48. The standard InChI is InChI=1S/C26H30BrN5O4.2ClH/c27-18-5-6-19-22(17-18)29-26(34)23(19)25-24(20-3-1-2-4-21(20)28-25)30-36-15-12-32-9-7-31(8-10-32)11-14-35-16-13-33;;/h1-6,17,29,33-34H,7-16H2;2*1H/b30-24+;;. The minimum atomic E-state index is 0. The second-order valence-electron chi connectivity index (χ2n) is 8.81. The van der Waals surface area contributed by atoms with Crippen LogP contribution in [0.1, 0.15) is 11.1 Å². The van der Waals surface area contributed by atoms with Crippen LogP contribution in [-0.2, 0) is 9.57 Å². The summed E-state index contributed by atoms with van der Waals surface area (Å²) in [4.78, 5) is 18.4. The van der Waals surface area contributed by atoms with Gasteiger partial charge in [-0.25, -0.2) is 4.99 Å². The van der Waals surface area contributed by atoms with Gasteiger partial charge in [0.25, 0.3) is 0 Å². The molecule has 0 radical (unpaired) electrons. The second-order valence-corrected chi connectivity index (χ2v) is 9.72. The Morgan fingerprint density at radius 2 is 1.68 bits per heavy atom. The lowest BCUT2D eigenvalue weighted by molar-refractivity contribution is 0.0483. The van der Waals surface area contributed by atoms with Crippen LogP contribution in [0.5, 0.6) is 5.88 Å². The van der Waals surface area contributed by atoms with Gasteiger partial charge in [0.05, 0.1) is 36.6 Å². The number of hydrogen-bond donors (Lipinski definition) is 3. The highest BCUT2D eigenvalue weighted by Gasteiger charge is 2.29. The van der Waals surface area contributed by atoms with Crippen molar-refractivity contribution in [2.24, 2.45) is 10.1 Å². The predicted molar refractivity (Wildman–Crippen MR) is 158 cm³/mol. The molecule has 3 N–H and O–H groups in total. The number of piperazine rings is 1. The third kappa shape index (κ3) is 6.87. The molecule has 3 heterocycles. The Labute approximate surface area is 242 Å². The molecule has 3 aromatic rings. The normalized spacial score (nSPS) is 16.7. The lowest BCUT2D eigenvalue weighted by atomic mass is 10.0. The van der Waals surface area contributed by atoms with Gasteiger partial charge < -0.3 is 24.8 Å². The van der Waals surface area contributed by atoms with E-state index in [2.05, 4.69) is 35.9 Å².